The number of hydrogen-bond donors (Lipinski definition) is 1. The SMILES string of the molecule is CN(Cc1ccc2c(c1)OCO2)C(=O)CC1(N)CCCC1. The van der Waals surface area contributed by atoms with Crippen molar-refractivity contribution in [3.63, 3.8) is 0 Å². The summed E-state index contributed by atoms with van der Waals surface area (Å²) in [5.41, 5.74) is 7.02. The van der Waals surface area contributed by atoms with Gasteiger partial charge in [0.1, 0.15) is 0 Å². The van der Waals surface area contributed by atoms with Crippen molar-refractivity contribution in [1.29, 1.82) is 0 Å². The summed E-state index contributed by atoms with van der Waals surface area (Å²) < 4.78 is 10.6. The normalized spacial score (nSPS) is 18.8. The van der Waals surface area contributed by atoms with Crippen LogP contribution in [0, 0.1) is 0 Å². The molecule has 0 unspecified atom stereocenters. The zero-order chi connectivity index (χ0) is 14.9. The molecule has 3 rings (SSSR count). The Kier molecular flexibility index (Phi) is 3.76. The molecule has 1 fully saturated rings. The average Bonchev–Trinajstić information content (AvgIpc) is 3.07. The third-order valence-electron chi connectivity index (χ3n) is 4.39. The van der Waals surface area contributed by atoms with E-state index in [1.165, 1.54) is 0 Å². The van der Waals surface area contributed by atoms with E-state index in [4.69, 9.17) is 15.2 Å². The first-order valence-electron chi connectivity index (χ1n) is 7.47. The second-order valence-corrected chi connectivity index (χ2v) is 6.18. The summed E-state index contributed by atoms with van der Waals surface area (Å²) in [7, 11) is 1.82. The van der Waals surface area contributed by atoms with E-state index in [1.807, 2.05) is 25.2 Å². The molecule has 0 aromatic heterocycles. The number of carbonyl (C=O) groups is 1. The predicted molar refractivity (Wildman–Crippen MR) is 79.0 cm³/mol. The third kappa shape index (κ3) is 3.13. The van der Waals surface area contributed by atoms with E-state index >= 15 is 0 Å². The summed E-state index contributed by atoms with van der Waals surface area (Å²) >= 11 is 0. The van der Waals surface area contributed by atoms with E-state index in [0.29, 0.717) is 13.0 Å². The Morgan fingerprint density at radius 1 is 1.29 bits per heavy atom. The fraction of sp³-hybridized carbons (Fsp3) is 0.562. The summed E-state index contributed by atoms with van der Waals surface area (Å²) in [6, 6.07) is 5.78. The van der Waals surface area contributed by atoms with Crippen LogP contribution in [0.2, 0.25) is 0 Å². The van der Waals surface area contributed by atoms with Crippen molar-refractivity contribution in [2.45, 2.75) is 44.2 Å². The molecule has 1 saturated carbocycles. The number of carbonyl (C=O) groups excluding carboxylic acids is 1. The van der Waals surface area contributed by atoms with Gasteiger partial charge in [0.05, 0.1) is 0 Å². The van der Waals surface area contributed by atoms with Crippen LogP contribution in [0.15, 0.2) is 18.2 Å². The molecule has 21 heavy (non-hydrogen) atoms. The maximum absolute atomic E-state index is 12.3. The Hall–Kier alpha value is -1.75. The second kappa shape index (κ2) is 5.56. The fourth-order valence-electron chi connectivity index (χ4n) is 3.09. The van der Waals surface area contributed by atoms with E-state index in [1.54, 1.807) is 4.90 Å². The molecular formula is C16H22N2O3. The van der Waals surface area contributed by atoms with Gasteiger partial charge in [0.2, 0.25) is 12.7 Å². The topological polar surface area (TPSA) is 64.8 Å². The minimum Gasteiger partial charge on any atom is -0.454 e. The van der Waals surface area contributed by atoms with Crippen LogP contribution >= 0.6 is 0 Å². The van der Waals surface area contributed by atoms with Crippen LogP contribution in [-0.4, -0.2) is 30.2 Å². The van der Waals surface area contributed by atoms with Crippen molar-refractivity contribution in [1.82, 2.24) is 4.90 Å². The van der Waals surface area contributed by atoms with E-state index in [9.17, 15) is 4.79 Å². The van der Waals surface area contributed by atoms with Gasteiger partial charge >= 0.3 is 0 Å². The molecule has 0 atom stereocenters. The summed E-state index contributed by atoms with van der Waals surface area (Å²) in [6.45, 7) is 0.828. The van der Waals surface area contributed by atoms with Crippen LogP contribution < -0.4 is 15.2 Å². The van der Waals surface area contributed by atoms with Gasteiger partial charge in [-0.05, 0) is 30.5 Å². The molecule has 5 heteroatoms. The summed E-state index contributed by atoms with van der Waals surface area (Å²) in [6.07, 6.45) is 4.62. The van der Waals surface area contributed by atoms with E-state index in [2.05, 4.69) is 0 Å². The van der Waals surface area contributed by atoms with Crippen LogP contribution in [0.5, 0.6) is 11.5 Å². The van der Waals surface area contributed by atoms with Gasteiger partial charge in [-0.3, -0.25) is 4.79 Å². The van der Waals surface area contributed by atoms with Crippen LogP contribution in [-0.2, 0) is 11.3 Å². The number of ether oxygens (including phenoxy) is 2. The number of rotatable bonds is 4. The lowest BCUT2D eigenvalue weighted by Crippen LogP contribution is -2.42. The van der Waals surface area contributed by atoms with Gasteiger partial charge in [-0.15, -0.1) is 0 Å². The summed E-state index contributed by atoms with van der Waals surface area (Å²) in [4.78, 5) is 14.1. The lowest BCUT2D eigenvalue weighted by molar-refractivity contribution is -0.131. The van der Waals surface area contributed by atoms with Gasteiger partial charge in [-0.25, -0.2) is 0 Å². The molecule has 0 radical (unpaired) electrons. The zero-order valence-corrected chi connectivity index (χ0v) is 12.4. The molecule has 2 N–H and O–H groups in total. The lowest BCUT2D eigenvalue weighted by atomic mass is 9.94. The van der Waals surface area contributed by atoms with Crippen molar-refractivity contribution in [3.8, 4) is 11.5 Å². The van der Waals surface area contributed by atoms with Crippen molar-refractivity contribution in [2.24, 2.45) is 5.73 Å². The first kappa shape index (κ1) is 14.2. The minimum absolute atomic E-state index is 0.108. The number of nitrogens with two attached hydrogens (primary N) is 1. The molecule has 1 amide bonds. The highest BCUT2D eigenvalue weighted by atomic mass is 16.7. The largest absolute Gasteiger partial charge is 0.454 e. The molecular weight excluding hydrogens is 268 g/mol. The summed E-state index contributed by atoms with van der Waals surface area (Å²) in [5, 5.41) is 0. The van der Waals surface area contributed by atoms with Crippen LogP contribution in [0.1, 0.15) is 37.7 Å². The first-order chi connectivity index (χ1) is 10.1. The number of benzene rings is 1. The molecule has 2 aliphatic rings. The van der Waals surface area contributed by atoms with E-state index < -0.39 is 0 Å². The molecule has 114 valence electrons. The van der Waals surface area contributed by atoms with Gasteiger partial charge in [0.15, 0.2) is 11.5 Å². The monoisotopic (exact) mass is 290 g/mol. The highest BCUT2D eigenvalue weighted by molar-refractivity contribution is 5.77. The Bertz CT molecular complexity index is 538. The molecule has 1 aromatic carbocycles. The number of fused-ring (bicyclic) bond motifs is 1. The van der Waals surface area contributed by atoms with Crippen LogP contribution in [0.3, 0.4) is 0 Å². The second-order valence-electron chi connectivity index (χ2n) is 6.18. The Morgan fingerprint density at radius 3 is 2.76 bits per heavy atom. The maximum atomic E-state index is 12.3. The molecule has 1 aromatic rings. The average molecular weight is 290 g/mol. The lowest BCUT2D eigenvalue weighted by Gasteiger charge is -2.26. The van der Waals surface area contributed by atoms with Crippen molar-refractivity contribution in [2.75, 3.05) is 13.8 Å². The highest BCUT2D eigenvalue weighted by Crippen LogP contribution is 2.33. The van der Waals surface area contributed by atoms with Gasteiger partial charge in [-0.2, -0.15) is 0 Å². The standard InChI is InChI=1S/C16H22N2O3/c1-18(15(19)9-16(17)6-2-3-7-16)10-12-4-5-13-14(8-12)21-11-20-13/h4-5,8H,2-3,6-7,9-11,17H2,1H3. The molecule has 5 nitrogen and oxygen atoms in total. The van der Waals surface area contributed by atoms with Crippen molar-refractivity contribution in [3.05, 3.63) is 23.8 Å². The number of amides is 1. The van der Waals surface area contributed by atoms with Gasteiger partial charge in [0, 0.05) is 25.6 Å². The Balaban J connectivity index is 1.60. The highest BCUT2D eigenvalue weighted by Gasteiger charge is 2.32. The fourth-order valence-corrected chi connectivity index (χ4v) is 3.09. The Labute approximate surface area is 125 Å². The number of nitrogens with zero attached hydrogens (tertiary/aromatic N) is 1. The summed E-state index contributed by atoms with van der Waals surface area (Å²) in [5.74, 6) is 1.62. The molecule has 0 spiro atoms. The van der Waals surface area contributed by atoms with Crippen LogP contribution in [0.25, 0.3) is 0 Å². The minimum atomic E-state index is -0.291. The Morgan fingerprint density at radius 2 is 2.00 bits per heavy atom. The van der Waals surface area contributed by atoms with E-state index in [0.717, 1.165) is 42.7 Å². The molecule has 1 aliphatic heterocycles. The molecule has 0 saturated heterocycles. The zero-order valence-electron chi connectivity index (χ0n) is 12.4. The first-order valence-corrected chi connectivity index (χ1v) is 7.47. The van der Waals surface area contributed by atoms with Gasteiger partial charge in [0.25, 0.3) is 0 Å². The van der Waals surface area contributed by atoms with Crippen molar-refractivity contribution >= 4 is 5.91 Å². The predicted octanol–water partition coefficient (Wildman–Crippen LogP) is 2.04. The molecule has 1 aliphatic carbocycles. The van der Waals surface area contributed by atoms with E-state index in [-0.39, 0.29) is 18.2 Å². The van der Waals surface area contributed by atoms with Crippen molar-refractivity contribution < 1.29 is 14.3 Å². The van der Waals surface area contributed by atoms with Gasteiger partial charge < -0.3 is 20.1 Å². The molecule has 0 bridgehead atoms. The smallest absolute Gasteiger partial charge is 0.231 e. The number of hydrogen-bond acceptors (Lipinski definition) is 4. The van der Waals surface area contributed by atoms with Gasteiger partial charge in [-0.1, -0.05) is 18.9 Å². The van der Waals surface area contributed by atoms with Crippen LogP contribution in [0.4, 0.5) is 0 Å². The third-order valence-corrected chi connectivity index (χ3v) is 4.39. The molecule has 1 heterocycles. The quantitative estimate of drug-likeness (QED) is 0.921. The maximum Gasteiger partial charge on any atom is 0.231 e.